The summed E-state index contributed by atoms with van der Waals surface area (Å²) in [4.78, 5) is 25.3. The molecule has 0 bridgehead atoms. The second kappa shape index (κ2) is 8.89. The predicted molar refractivity (Wildman–Crippen MR) is 111 cm³/mol. The maximum absolute atomic E-state index is 13.8. The van der Waals surface area contributed by atoms with Gasteiger partial charge in [-0.05, 0) is 51.0 Å². The number of nitro groups is 1. The average molecular weight is 400 g/mol. The molecule has 0 aliphatic carbocycles. The molecule has 0 atom stereocenters. The Bertz CT molecular complexity index is 895. The number of nitrogens with one attached hydrogen (secondary N) is 2. The van der Waals surface area contributed by atoms with Crippen LogP contribution in [-0.2, 0) is 0 Å². The van der Waals surface area contributed by atoms with Crippen LogP contribution in [0.2, 0.25) is 0 Å². The zero-order valence-electron chi connectivity index (χ0n) is 16.5. The quantitative estimate of drug-likeness (QED) is 0.566. The molecule has 0 spiro atoms. The summed E-state index contributed by atoms with van der Waals surface area (Å²) < 4.78 is 13.8. The zero-order chi connectivity index (χ0) is 21.0. The number of hydrogen-bond acceptors (Lipinski definition) is 5. The van der Waals surface area contributed by atoms with Crippen molar-refractivity contribution in [2.24, 2.45) is 0 Å². The van der Waals surface area contributed by atoms with Crippen LogP contribution in [0.3, 0.4) is 0 Å². The third-order valence-electron chi connectivity index (χ3n) is 4.92. The number of hydrogen-bond donors (Lipinski definition) is 2. The molecule has 1 aliphatic rings. The Morgan fingerprint density at radius 1 is 1.21 bits per heavy atom. The van der Waals surface area contributed by atoms with E-state index in [0.717, 1.165) is 12.8 Å². The van der Waals surface area contributed by atoms with Gasteiger partial charge in [0.1, 0.15) is 11.5 Å². The standard InChI is InChI=1S/C21H25FN4O3/c1-14(2)23-21(27)15-7-8-19(20(13-15)26(28)29)25-11-9-16(10-12-25)24-18-6-4-3-5-17(18)22/h3-8,13-14,16,24H,9-12H2,1-2H3,(H,23,27). The molecule has 1 saturated heterocycles. The van der Waals surface area contributed by atoms with Gasteiger partial charge in [0.05, 0.1) is 10.6 Å². The molecule has 2 aromatic carbocycles. The van der Waals surface area contributed by atoms with Crippen molar-refractivity contribution in [3.63, 3.8) is 0 Å². The molecule has 1 aliphatic heterocycles. The van der Waals surface area contributed by atoms with E-state index >= 15 is 0 Å². The van der Waals surface area contributed by atoms with Crippen LogP contribution in [0, 0.1) is 15.9 Å². The highest BCUT2D eigenvalue weighted by Crippen LogP contribution is 2.32. The number of anilines is 2. The van der Waals surface area contributed by atoms with Crippen LogP contribution < -0.4 is 15.5 Å². The third kappa shape index (κ3) is 5.01. The van der Waals surface area contributed by atoms with E-state index in [1.54, 1.807) is 30.3 Å². The first-order valence-electron chi connectivity index (χ1n) is 9.70. The lowest BCUT2D eigenvalue weighted by Crippen LogP contribution is -2.39. The van der Waals surface area contributed by atoms with Gasteiger partial charge in [-0.15, -0.1) is 0 Å². The normalized spacial score (nSPS) is 14.7. The van der Waals surface area contributed by atoms with Crippen LogP contribution in [0.25, 0.3) is 0 Å². The van der Waals surface area contributed by atoms with E-state index in [1.807, 2.05) is 18.7 Å². The fourth-order valence-corrected chi connectivity index (χ4v) is 3.49. The summed E-state index contributed by atoms with van der Waals surface area (Å²) in [5.74, 6) is -0.622. The summed E-state index contributed by atoms with van der Waals surface area (Å²) >= 11 is 0. The van der Waals surface area contributed by atoms with Gasteiger partial charge in [0, 0.05) is 36.8 Å². The van der Waals surface area contributed by atoms with Gasteiger partial charge in [-0.1, -0.05) is 12.1 Å². The molecule has 29 heavy (non-hydrogen) atoms. The number of piperidine rings is 1. The van der Waals surface area contributed by atoms with Crippen LogP contribution in [-0.4, -0.2) is 36.0 Å². The van der Waals surface area contributed by atoms with Crippen molar-refractivity contribution in [3.05, 3.63) is 64.0 Å². The first-order chi connectivity index (χ1) is 13.8. The van der Waals surface area contributed by atoms with Crippen LogP contribution in [0.4, 0.5) is 21.5 Å². The van der Waals surface area contributed by atoms with Crippen molar-refractivity contribution < 1.29 is 14.1 Å². The van der Waals surface area contributed by atoms with E-state index in [4.69, 9.17) is 0 Å². The van der Waals surface area contributed by atoms with Gasteiger partial charge in [-0.2, -0.15) is 0 Å². The summed E-state index contributed by atoms with van der Waals surface area (Å²) in [5.41, 5.74) is 1.16. The Morgan fingerprint density at radius 3 is 2.52 bits per heavy atom. The fourth-order valence-electron chi connectivity index (χ4n) is 3.49. The molecule has 8 heteroatoms. The highest BCUT2D eigenvalue weighted by atomic mass is 19.1. The van der Waals surface area contributed by atoms with Crippen LogP contribution >= 0.6 is 0 Å². The Hall–Kier alpha value is -3.16. The topological polar surface area (TPSA) is 87.5 Å². The first kappa shape index (κ1) is 20.6. The first-order valence-corrected chi connectivity index (χ1v) is 9.70. The molecule has 0 radical (unpaired) electrons. The van der Waals surface area contributed by atoms with Crippen molar-refractivity contribution in [1.82, 2.24) is 5.32 Å². The number of amides is 1. The molecular weight excluding hydrogens is 375 g/mol. The van der Waals surface area contributed by atoms with E-state index in [2.05, 4.69) is 10.6 Å². The molecule has 0 saturated carbocycles. The van der Waals surface area contributed by atoms with Gasteiger partial charge < -0.3 is 15.5 Å². The minimum absolute atomic E-state index is 0.0535. The average Bonchev–Trinajstić information content (AvgIpc) is 2.69. The number of nitro benzene ring substituents is 1. The van der Waals surface area contributed by atoms with Gasteiger partial charge in [0.15, 0.2) is 0 Å². The van der Waals surface area contributed by atoms with E-state index in [9.17, 15) is 19.3 Å². The lowest BCUT2D eigenvalue weighted by molar-refractivity contribution is -0.384. The van der Waals surface area contributed by atoms with E-state index < -0.39 is 4.92 Å². The number of rotatable bonds is 6. The Morgan fingerprint density at radius 2 is 1.90 bits per heavy atom. The lowest BCUT2D eigenvalue weighted by Gasteiger charge is -2.34. The van der Waals surface area contributed by atoms with Gasteiger partial charge >= 0.3 is 0 Å². The molecule has 1 heterocycles. The summed E-state index contributed by atoms with van der Waals surface area (Å²) in [7, 11) is 0. The number of carbonyl (C=O) groups excluding carboxylic acids is 1. The van der Waals surface area contributed by atoms with Gasteiger partial charge in [0.2, 0.25) is 0 Å². The smallest absolute Gasteiger partial charge is 0.293 e. The second-order valence-corrected chi connectivity index (χ2v) is 7.47. The molecule has 3 rings (SSSR count). The highest BCUT2D eigenvalue weighted by molar-refractivity contribution is 5.96. The molecule has 2 aromatic rings. The second-order valence-electron chi connectivity index (χ2n) is 7.47. The number of nitrogens with zero attached hydrogens (tertiary/aromatic N) is 2. The molecule has 2 N–H and O–H groups in total. The summed E-state index contributed by atoms with van der Waals surface area (Å²) in [6.45, 7) is 4.87. The van der Waals surface area contributed by atoms with E-state index in [0.29, 0.717) is 24.5 Å². The molecule has 154 valence electrons. The Kier molecular flexibility index (Phi) is 6.31. The molecule has 1 fully saturated rings. The fraction of sp³-hybridized carbons (Fsp3) is 0.381. The van der Waals surface area contributed by atoms with Crippen molar-refractivity contribution in [1.29, 1.82) is 0 Å². The van der Waals surface area contributed by atoms with Gasteiger partial charge in [0.25, 0.3) is 11.6 Å². The van der Waals surface area contributed by atoms with E-state index in [1.165, 1.54) is 12.1 Å². The summed E-state index contributed by atoms with van der Waals surface area (Å²) in [5, 5.41) is 17.6. The number of benzene rings is 2. The lowest BCUT2D eigenvalue weighted by atomic mass is 10.0. The van der Waals surface area contributed by atoms with Gasteiger partial charge in [-0.25, -0.2) is 4.39 Å². The van der Waals surface area contributed by atoms with Crippen LogP contribution in [0.5, 0.6) is 0 Å². The van der Waals surface area contributed by atoms with Crippen LogP contribution in [0.15, 0.2) is 42.5 Å². The van der Waals surface area contributed by atoms with Gasteiger partial charge in [-0.3, -0.25) is 14.9 Å². The van der Waals surface area contributed by atoms with Crippen molar-refractivity contribution in [2.45, 2.75) is 38.8 Å². The maximum Gasteiger partial charge on any atom is 0.293 e. The maximum atomic E-state index is 13.8. The summed E-state index contributed by atoms with van der Waals surface area (Å²) in [6.07, 6.45) is 1.45. The Balaban J connectivity index is 1.70. The van der Waals surface area contributed by atoms with Crippen LogP contribution in [0.1, 0.15) is 37.0 Å². The summed E-state index contributed by atoms with van der Waals surface area (Å²) in [6, 6.07) is 11.2. The minimum Gasteiger partial charge on any atom is -0.380 e. The monoisotopic (exact) mass is 400 g/mol. The van der Waals surface area contributed by atoms with Crippen molar-refractivity contribution in [3.8, 4) is 0 Å². The number of halogens is 1. The predicted octanol–water partition coefficient (Wildman–Crippen LogP) is 3.95. The molecule has 0 unspecified atom stereocenters. The van der Waals surface area contributed by atoms with Crippen molar-refractivity contribution >= 4 is 23.0 Å². The third-order valence-corrected chi connectivity index (χ3v) is 4.92. The largest absolute Gasteiger partial charge is 0.380 e. The zero-order valence-corrected chi connectivity index (χ0v) is 16.5. The van der Waals surface area contributed by atoms with Crippen molar-refractivity contribution in [2.75, 3.05) is 23.3 Å². The minimum atomic E-state index is -0.453. The number of para-hydroxylation sites is 1. The highest BCUT2D eigenvalue weighted by Gasteiger charge is 2.26. The van der Waals surface area contributed by atoms with E-state index in [-0.39, 0.29) is 35.1 Å². The molecule has 7 nitrogen and oxygen atoms in total. The SMILES string of the molecule is CC(C)NC(=O)c1ccc(N2CCC(Nc3ccccc3F)CC2)c([N+](=O)[O-])c1. The molecule has 1 amide bonds. The molecular formula is C21H25FN4O3. The number of carbonyl (C=O) groups is 1. The molecule has 0 aromatic heterocycles. The Labute approximate surface area is 169 Å².